The molecule has 35 heavy (non-hydrogen) atoms. The molecule has 1 N–H and O–H groups in total. The van der Waals surface area contributed by atoms with Crippen LogP contribution in [-0.2, 0) is 32.5 Å². The molecular weight excluding hydrogens is 504 g/mol. The zero-order valence-electron chi connectivity index (χ0n) is 20.3. The highest BCUT2D eigenvalue weighted by atomic mass is 32.2. The minimum atomic E-state index is -3.71. The van der Waals surface area contributed by atoms with E-state index in [0.717, 1.165) is 35.8 Å². The minimum Gasteiger partial charge on any atom is -0.383 e. The van der Waals surface area contributed by atoms with Crippen molar-refractivity contribution >= 4 is 44.1 Å². The SMILES string of the molecule is CCOCCN(c1cccc2c1NC(c1ncc(CN(C)CCOC)s1)C2)S(=O)(=O)c1cccs1. The Balaban J connectivity index is 1.56. The summed E-state index contributed by atoms with van der Waals surface area (Å²) < 4.78 is 39.6. The summed E-state index contributed by atoms with van der Waals surface area (Å²) in [7, 11) is 0.0680. The van der Waals surface area contributed by atoms with Crippen molar-refractivity contribution in [3.63, 3.8) is 0 Å². The van der Waals surface area contributed by atoms with E-state index in [4.69, 9.17) is 9.47 Å². The summed E-state index contributed by atoms with van der Waals surface area (Å²) in [6, 6.07) is 9.25. The summed E-state index contributed by atoms with van der Waals surface area (Å²) in [5.74, 6) is 0. The molecule has 8 nitrogen and oxygen atoms in total. The van der Waals surface area contributed by atoms with Crippen LogP contribution >= 0.6 is 22.7 Å². The van der Waals surface area contributed by atoms with Crippen LogP contribution in [0.2, 0.25) is 0 Å². The van der Waals surface area contributed by atoms with Gasteiger partial charge in [-0.25, -0.2) is 13.4 Å². The summed E-state index contributed by atoms with van der Waals surface area (Å²) in [6.45, 7) is 5.37. The second-order valence-electron chi connectivity index (χ2n) is 8.31. The van der Waals surface area contributed by atoms with Gasteiger partial charge in [0.25, 0.3) is 10.0 Å². The van der Waals surface area contributed by atoms with Crippen molar-refractivity contribution in [2.45, 2.75) is 30.1 Å². The number of benzene rings is 1. The van der Waals surface area contributed by atoms with Gasteiger partial charge in [-0.3, -0.25) is 9.21 Å². The van der Waals surface area contributed by atoms with Crippen molar-refractivity contribution in [3.05, 3.63) is 57.4 Å². The first-order valence-electron chi connectivity index (χ1n) is 11.6. The van der Waals surface area contributed by atoms with Gasteiger partial charge >= 0.3 is 0 Å². The summed E-state index contributed by atoms with van der Waals surface area (Å²) in [5.41, 5.74) is 2.58. The van der Waals surface area contributed by atoms with Crippen LogP contribution in [0.4, 0.5) is 11.4 Å². The second-order valence-corrected chi connectivity index (χ2v) is 12.5. The Bertz CT molecular complexity index is 1200. The van der Waals surface area contributed by atoms with Gasteiger partial charge in [0.2, 0.25) is 0 Å². The number of ether oxygens (including phenoxy) is 2. The number of nitrogens with zero attached hydrogens (tertiary/aromatic N) is 3. The Morgan fingerprint density at radius 3 is 2.80 bits per heavy atom. The molecule has 0 fully saturated rings. The first kappa shape index (κ1) is 26.1. The van der Waals surface area contributed by atoms with Gasteiger partial charge in [-0.05, 0) is 37.0 Å². The van der Waals surface area contributed by atoms with Crippen LogP contribution in [0.3, 0.4) is 0 Å². The van der Waals surface area contributed by atoms with Gasteiger partial charge in [-0.2, -0.15) is 0 Å². The highest BCUT2D eigenvalue weighted by Gasteiger charge is 2.32. The third-order valence-corrected chi connectivity index (χ3v) is 10.1. The monoisotopic (exact) mass is 536 g/mol. The van der Waals surface area contributed by atoms with E-state index in [1.54, 1.807) is 36.0 Å². The predicted octanol–water partition coefficient (Wildman–Crippen LogP) is 4.22. The van der Waals surface area contributed by atoms with E-state index in [9.17, 15) is 8.42 Å². The van der Waals surface area contributed by atoms with E-state index < -0.39 is 10.0 Å². The van der Waals surface area contributed by atoms with Crippen LogP contribution in [0.5, 0.6) is 0 Å². The molecule has 190 valence electrons. The van der Waals surface area contributed by atoms with Crippen molar-refractivity contribution in [1.82, 2.24) is 9.88 Å². The molecule has 1 aliphatic rings. The van der Waals surface area contributed by atoms with Crippen molar-refractivity contribution in [2.24, 2.45) is 0 Å². The van der Waals surface area contributed by atoms with Crippen LogP contribution in [0.15, 0.2) is 46.1 Å². The Labute approximate surface area is 215 Å². The lowest BCUT2D eigenvalue weighted by molar-refractivity contribution is 0.156. The van der Waals surface area contributed by atoms with E-state index in [-0.39, 0.29) is 12.6 Å². The number of thiophene rings is 1. The molecule has 2 aromatic heterocycles. The average molecular weight is 537 g/mol. The minimum absolute atomic E-state index is 0.00682. The van der Waals surface area contributed by atoms with Gasteiger partial charge in [0.15, 0.2) is 0 Å². The molecule has 1 aliphatic heterocycles. The maximum absolute atomic E-state index is 13.5. The number of anilines is 2. The van der Waals surface area contributed by atoms with Gasteiger partial charge in [0.1, 0.15) is 9.22 Å². The fraction of sp³-hybridized carbons (Fsp3) is 0.458. The van der Waals surface area contributed by atoms with Crippen molar-refractivity contribution in [2.75, 3.05) is 56.7 Å². The highest BCUT2D eigenvalue weighted by Crippen LogP contribution is 2.43. The number of nitrogens with one attached hydrogen (secondary N) is 1. The van der Waals surface area contributed by atoms with Crippen LogP contribution in [0.1, 0.15) is 28.4 Å². The number of fused-ring (bicyclic) bond motifs is 1. The summed E-state index contributed by atoms with van der Waals surface area (Å²) in [4.78, 5) is 8.09. The quantitative estimate of drug-likeness (QED) is 0.328. The molecule has 3 aromatic rings. The molecule has 0 saturated heterocycles. The summed E-state index contributed by atoms with van der Waals surface area (Å²) in [5, 5.41) is 6.37. The average Bonchev–Trinajstić information content (AvgIpc) is 3.60. The number of thiazole rings is 1. The second kappa shape index (κ2) is 11.8. The molecule has 4 rings (SSSR count). The lowest BCUT2D eigenvalue weighted by Gasteiger charge is -2.26. The van der Waals surface area contributed by atoms with E-state index in [2.05, 4.69) is 28.3 Å². The highest BCUT2D eigenvalue weighted by molar-refractivity contribution is 7.94. The van der Waals surface area contributed by atoms with E-state index in [1.807, 2.05) is 25.3 Å². The zero-order valence-corrected chi connectivity index (χ0v) is 22.7. The Morgan fingerprint density at radius 1 is 1.20 bits per heavy atom. The summed E-state index contributed by atoms with van der Waals surface area (Å²) >= 11 is 2.92. The Morgan fingerprint density at radius 2 is 2.06 bits per heavy atom. The molecule has 1 aromatic carbocycles. The number of para-hydroxylation sites is 1. The molecule has 1 unspecified atom stereocenters. The first-order valence-corrected chi connectivity index (χ1v) is 14.7. The Kier molecular flexibility index (Phi) is 8.79. The molecule has 0 saturated carbocycles. The lowest BCUT2D eigenvalue weighted by Crippen LogP contribution is -2.34. The maximum Gasteiger partial charge on any atom is 0.273 e. The van der Waals surface area contributed by atoms with Crippen molar-refractivity contribution in [1.29, 1.82) is 0 Å². The molecule has 3 heterocycles. The van der Waals surface area contributed by atoms with Crippen LogP contribution in [-0.4, -0.2) is 65.4 Å². The number of sulfonamides is 1. The van der Waals surface area contributed by atoms with Crippen LogP contribution in [0.25, 0.3) is 0 Å². The predicted molar refractivity (Wildman–Crippen MR) is 142 cm³/mol. The zero-order chi connectivity index (χ0) is 24.8. The maximum atomic E-state index is 13.5. The molecule has 11 heteroatoms. The van der Waals surface area contributed by atoms with E-state index >= 15 is 0 Å². The molecule has 0 spiro atoms. The van der Waals surface area contributed by atoms with Crippen molar-refractivity contribution in [3.8, 4) is 0 Å². The smallest absolute Gasteiger partial charge is 0.273 e. The standard InChI is InChI=1S/C24H32N4O4S3/c1-4-32-13-11-28(35(29,30)22-9-6-14-33-22)21-8-5-7-18-15-20(26-23(18)21)24-25-16-19(34-24)17-27(2)10-12-31-3/h5-9,14,16,20,26H,4,10-13,15,17H2,1-3H3. The molecule has 0 bridgehead atoms. The number of likely N-dealkylation sites (N-methyl/N-ethyl adjacent to an activating group) is 1. The van der Waals surface area contributed by atoms with E-state index in [1.165, 1.54) is 20.5 Å². The third-order valence-electron chi connectivity index (χ3n) is 5.79. The first-order chi connectivity index (χ1) is 16.9. The Hall–Kier alpha value is -2.02. The fourth-order valence-electron chi connectivity index (χ4n) is 4.06. The fourth-order valence-corrected chi connectivity index (χ4v) is 7.67. The number of aromatic nitrogens is 1. The van der Waals surface area contributed by atoms with Gasteiger partial charge in [-0.15, -0.1) is 22.7 Å². The van der Waals surface area contributed by atoms with Gasteiger partial charge in [-0.1, -0.05) is 18.2 Å². The molecule has 0 radical (unpaired) electrons. The number of methoxy groups -OCH3 is 1. The molecule has 1 atom stereocenters. The van der Waals surface area contributed by atoms with Crippen molar-refractivity contribution < 1.29 is 17.9 Å². The van der Waals surface area contributed by atoms with Gasteiger partial charge in [0, 0.05) is 44.3 Å². The van der Waals surface area contributed by atoms with Crippen LogP contribution in [0, 0.1) is 0 Å². The van der Waals surface area contributed by atoms with Gasteiger partial charge in [0.05, 0.1) is 37.2 Å². The molecule has 0 aliphatic carbocycles. The summed E-state index contributed by atoms with van der Waals surface area (Å²) in [6.07, 6.45) is 2.69. The molecular formula is C24H32N4O4S3. The number of rotatable bonds is 13. The largest absolute Gasteiger partial charge is 0.383 e. The van der Waals surface area contributed by atoms with E-state index in [0.29, 0.717) is 29.7 Å². The topological polar surface area (TPSA) is 84.0 Å². The van der Waals surface area contributed by atoms with Gasteiger partial charge < -0.3 is 14.8 Å². The molecule has 0 amide bonds. The normalized spacial score (nSPS) is 15.4. The number of hydrogen-bond donors (Lipinski definition) is 1. The number of hydrogen-bond acceptors (Lipinski definition) is 9. The third kappa shape index (κ3) is 6.04. The van der Waals surface area contributed by atoms with Crippen LogP contribution < -0.4 is 9.62 Å². The lowest BCUT2D eigenvalue weighted by atomic mass is 10.1.